The van der Waals surface area contributed by atoms with Crippen LogP contribution in [0.15, 0.2) is 18.2 Å². The Labute approximate surface area is 113 Å². The van der Waals surface area contributed by atoms with Gasteiger partial charge in [0.05, 0.1) is 12.2 Å². The molecule has 1 aliphatic carbocycles. The van der Waals surface area contributed by atoms with Crippen LogP contribution in [0.4, 0.5) is 0 Å². The van der Waals surface area contributed by atoms with Gasteiger partial charge in [-0.15, -0.1) is 0 Å². The number of fused-ring (bicyclic) bond motifs is 1. The van der Waals surface area contributed by atoms with Crippen molar-refractivity contribution in [2.75, 3.05) is 19.7 Å². The van der Waals surface area contributed by atoms with Gasteiger partial charge in [0, 0.05) is 12.3 Å². The molecule has 0 radical (unpaired) electrons. The Morgan fingerprint density at radius 1 is 1.32 bits per heavy atom. The highest BCUT2D eigenvalue weighted by atomic mass is 16.5. The molecule has 1 saturated heterocycles. The topological polar surface area (TPSA) is 38.3 Å². The van der Waals surface area contributed by atoms with Crippen LogP contribution in [0.25, 0.3) is 0 Å². The van der Waals surface area contributed by atoms with E-state index in [9.17, 15) is 4.79 Å². The molecule has 2 heterocycles. The minimum Gasteiger partial charge on any atom is -0.492 e. The highest BCUT2D eigenvalue weighted by Crippen LogP contribution is 2.60. The van der Waals surface area contributed by atoms with Crippen LogP contribution in [0, 0.1) is 11.3 Å². The van der Waals surface area contributed by atoms with E-state index in [4.69, 9.17) is 4.74 Å². The van der Waals surface area contributed by atoms with Gasteiger partial charge in [-0.05, 0) is 49.4 Å². The van der Waals surface area contributed by atoms with Crippen LogP contribution in [0.3, 0.4) is 0 Å². The fourth-order valence-corrected chi connectivity index (χ4v) is 3.79. The maximum Gasteiger partial charge on any atom is 0.170 e. The molecule has 1 unspecified atom stereocenters. The van der Waals surface area contributed by atoms with Crippen molar-refractivity contribution in [1.82, 2.24) is 5.32 Å². The van der Waals surface area contributed by atoms with E-state index in [2.05, 4.69) is 11.4 Å². The lowest BCUT2D eigenvalue weighted by molar-refractivity contribution is 0.0937. The minimum atomic E-state index is 0.241. The van der Waals surface area contributed by atoms with Crippen LogP contribution in [0.2, 0.25) is 0 Å². The number of para-hydroxylation sites is 1. The van der Waals surface area contributed by atoms with Crippen LogP contribution >= 0.6 is 0 Å². The molecule has 1 aromatic rings. The summed E-state index contributed by atoms with van der Waals surface area (Å²) in [6.07, 6.45) is 4.33. The van der Waals surface area contributed by atoms with E-state index < -0.39 is 0 Å². The number of piperidine rings is 1. The van der Waals surface area contributed by atoms with Gasteiger partial charge < -0.3 is 10.1 Å². The maximum atomic E-state index is 12.7. The van der Waals surface area contributed by atoms with Gasteiger partial charge in [0.1, 0.15) is 5.75 Å². The predicted octanol–water partition coefficient (Wildman–Crippen LogP) is 2.19. The Balaban J connectivity index is 1.61. The van der Waals surface area contributed by atoms with Gasteiger partial charge in [-0.3, -0.25) is 4.79 Å². The van der Waals surface area contributed by atoms with E-state index in [0.717, 1.165) is 56.7 Å². The largest absolute Gasteiger partial charge is 0.492 e. The van der Waals surface area contributed by atoms with Crippen molar-refractivity contribution in [2.24, 2.45) is 11.3 Å². The third-order valence-corrected chi connectivity index (χ3v) is 5.09. The van der Waals surface area contributed by atoms with Gasteiger partial charge in [-0.1, -0.05) is 12.1 Å². The van der Waals surface area contributed by atoms with Gasteiger partial charge in [-0.25, -0.2) is 0 Å². The van der Waals surface area contributed by atoms with Crippen LogP contribution in [-0.2, 0) is 6.42 Å². The molecule has 2 aliphatic heterocycles. The van der Waals surface area contributed by atoms with Crippen molar-refractivity contribution < 1.29 is 9.53 Å². The fourth-order valence-electron chi connectivity index (χ4n) is 3.79. The molecule has 0 amide bonds. The number of carbonyl (C=O) groups is 1. The average molecular weight is 257 g/mol. The summed E-state index contributed by atoms with van der Waals surface area (Å²) < 4.78 is 5.67. The summed E-state index contributed by atoms with van der Waals surface area (Å²) in [6.45, 7) is 2.85. The first kappa shape index (κ1) is 11.5. The second-order valence-electron chi connectivity index (χ2n) is 6.13. The first-order valence-corrected chi connectivity index (χ1v) is 7.30. The molecule has 4 rings (SSSR count). The van der Waals surface area contributed by atoms with Crippen LogP contribution in [-0.4, -0.2) is 25.5 Å². The van der Waals surface area contributed by atoms with E-state index in [-0.39, 0.29) is 5.92 Å². The van der Waals surface area contributed by atoms with E-state index in [1.165, 1.54) is 5.56 Å². The Morgan fingerprint density at radius 2 is 2.16 bits per heavy atom. The standard InChI is InChI=1S/C16H19NO2/c18-14(13-10-16(13)5-7-17-8-6-16)12-3-1-2-11-4-9-19-15(11)12/h1-3,13,17H,4-10H2. The number of carbonyl (C=O) groups excluding carboxylic acids is 1. The number of ketones is 1. The van der Waals surface area contributed by atoms with Gasteiger partial charge in [-0.2, -0.15) is 0 Å². The average Bonchev–Trinajstić information content (AvgIpc) is 2.92. The van der Waals surface area contributed by atoms with Gasteiger partial charge in [0.25, 0.3) is 0 Å². The quantitative estimate of drug-likeness (QED) is 0.825. The van der Waals surface area contributed by atoms with Gasteiger partial charge >= 0.3 is 0 Å². The third-order valence-electron chi connectivity index (χ3n) is 5.09. The fraction of sp³-hybridized carbons (Fsp3) is 0.562. The summed E-state index contributed by atoms with van der Waals surface area (Å²) in [5.74, 6) is 1.43. The lowest BCUT2D eigenvalue weighted by atomic mass is 9.89. The molecule has 3 heteroatoms. The first-order chi connectivity index (χ1) is 9.30. The Morgan fingerprint density at radius 3 is 3.00 bits per heavy atom. The number of rotatable bonds is 2. The van der Waals surface area contributed by atoms with Gasteiger partial charge in [0.15, 0.2) is 5.78 Å². The summed E-state index contributed by atoms with van der Waals surface area (Å²) in [6, 6.07) is 6.02. The zero-order chi connectivity index (χ0) is 12.9. The monoisotopic (exact) mass is 257 g/mol. The van der Waals surface area contributed by atoms with Crippen LogP contribution in [0.5, 0.6) is 5.75 Å². The predicted molar refractivity (Wildman–Crippen MR) is 72.6 cm³/mol. The van der Waals surface area contributed by atoms with E-state index >= 15 is 0 Å². The van der Waals surface area contributed by atoms with Crippen molar-refractivity contribution in [3.05, 3.63) is 29.3 Å². The van der Waals surface area contributed by atoms with Crippen molar-refractivity contribution in [3.63, 3.8) is 0 Å². The van der Waals surface area contributed by atoms with Crippen molar-refractivity contribution >= 4 is 5.78 Å². The lowest BCUT2D eigenvalue weighted by Gasteiger charge is -2.23. The highest BCUT2D eigenvalue weighted by molar-refractivity contribution is 6.03. The number of hydrogen-bond donors (Lipinski definition) is 1. The van der Waals surface area contributed by atoms with Crippen molar-refractivity contribution in [1.29, 1.82) is 0 Å². The van der Waals surface area contributed by atoms with E-state index in [1.54, 1.807) is 0 Å². The first-order valence-electron chi connectivity index (χ1n) is 7.30. The third kappa shape index (κ3) is 1.71. The number of Topliss-reactive ketones (excluding diaryl/α,β-unsaturated/α-hetero) is 1. The SMILES string of the molecule is O=C(c1cccc2c1OCC2)C1CC12CCNCC2. The number of ether oxygens (including phenoxy) is 1. The number of nitrogens with one attached hydrogen (secondary N) is 1. The molecule has 1 saturated carbocycles. The second kappa shape index (κ2) is 4.07. The number of hydrogen-bond acceptors (Lipinski definition) is 3. The molecular formula is C16H19NO2. The molecular weight excluding hydrogens is 238 g/mol. The molecule has 19 heavy (non-hydrogen) atoms. The normalized spacial score (nSPS) is 26.8. The van der Waals surface area contributed by atoms with Crippen molar-refractivity contribution in [2.45, 2.75) is 25.7 Å². The number of benzene rings is 1. The maximum absolute atomic E-state index is 12.7. The Hall–Kier alpha value is -1.35. The van der Waals surface area contributed by atoms with E-state index in [0.29, 0.717) is 11.2 Å². The molecule has 1 N–H and O–H groups in total. The molecule has 0 bridgehead atoms. The Bertz CT molecular complexity index is 532. The summed E-state index contributed by atoms with van der Waals surface area (Å²) in [4.78, 5) is 12.7. The van der Waals surface area contributed by atoms with Crippen LogP contribution in [0.1, 0.15) is 35.2 Å². The summed E-state index contributed by atoms with van der Waals surface area (Å²) >= 11 is 0. The molecule has 0 aromatic heterocycles. The summed E-state index contributed by atoms with van der Waals surface area (Å²) in [5, 5.41) is 3.39. The summed E-state index contributed by atoms with van der Waals surface area (Å²) in [7, 11) is 0. The molecule has 2 fully saturated rings. The molecule has 1 aromatic carbocycles. The molecule has 3 nitrogen and oxygen atoms in total. The van der Waals surface area contributed by atoms with Gasteiger partial charge in [0.2, 0.25) is 0 Å². The zero-order valence-corrected chi connectivity index (χ0v) is 11.1. The Kier molecular flexibility index (Phi) is 2.46. The molecule has 3 aliphatic rings. The van der Waals surface area contributed by atoms with E-state index in [1.807, 2.05) is 12.1 Å². The molecule has 1 spiro atoms. The highest BCUT2D eigenvalue weighted by Gasteiger charge is 2.57. The molecule has 1 atom stereocenters. The zero-order valence-electron chi connectivity index (χ0n) is 11.1. The summed E-state index contributed by atoms with van der Waals surface area (Å²) in [5.41, 5.74) is 2.34. The minimum absolute atomic E-state index is 0.241. The lowest BCUT2D eigenvalue weighted by Crippen LogP contribution is -2.30. The molecule has 100 valence electrons. The van der Waals surface area contributed by atoms with Crippen molar-refractivity contribution in [3.8, 4) is 5.75 Å². The second-order valence-corrected chi connectivity index (χ2v) is 6.13. The van der Waals surface area contributed by atoms with Crippen LogP contribution < -0.4 is 10.1 Å². The smallest absolute Gasteiger partial charge is 0.170 e.